The summed E-state index contributed by atoms with van der Waals surface area (Å²) in [5.74, 6) is 0. The van der Waals surface area contributed by atoms with Gasteiger partial charge in [0.2, 0.25) is 0 Å². The largest absolute Gasteiger partial charge is 0.416 e. The molecule has 0 atom stereocenters. The third-order valence-electron chi connectivity index (χ3n) is 2.91. The van der Waals surface area contributed by atoms with E-state index >= 15 is 0 Å². The highest BCUT2D eigenvalue weighted by Gasteiger charge is 2.40. The highest BCUT2D eigenvalue weighted by Crippen LogP contribution is 2.40. The lowest BCUT2D eigenvalue weighted by atomic mass is 9.86. The summed E-state index contributed by atoms with van der Waals surface area (Å²) >= 11 is 0. The summed E-state index contributed by atoms with van der Waals surface area (Å²) in [6, 6.07) is 2.20. The van der Waals surface area contributed by atoms with Gasteiger partial charge in [-0.1, -0.05) is 26.8 Å². The van der Waals surface area contributed by atoms with Crippen molar-refractivity contribution in [3.63, 3.8) is 0 Å². The van der Waals surface area contributed by atoms with Crippen molar-refractivity contribution in [3.8, 4) is 0 Å². The van der Waals surface area contributed by atoms with Crippen LogP contribution in [0.2, 0.25) is 0 Å². The van der Waals surface area contributed by atoms with Gasteiger partial charge >= 0.3 is 12.4 Å². The molecule has 0 nitrogen and oxygen atoms in total. The Kier molecular flexibility index (Phi) is 4.46. The standard InChI is InChI=1S/C14H16F6/c1-12(2,3)8-7-9-10(13(15,16)17)5-4-6-11(9)14(18,19)20/h4-6H,7-8H2,1-3H3. The number of rotatable bonds is 2. The highest BCUT2D eigenvalue weighted by atomic mass is 19.4. The van der Waals surface area contributed by atoms with Crippen LogP contribution in [0.4, 0.5) is 26.3 Å². The Morgan fingerprint density at radius 2 is 1.20 bits per heavy atom. The van der Waals surface area contributed by atoms with Crippen molar-refractivity contribution in [1.29, 1.82) is 0 Å². The SMILES string of the molecule is CC(C)(C)CCc1c(C(F)(F)F)cccc1C(F)(F)F. The Morgan fingerprint density at radius 3 is 1.50 bits per heavy atom. The van der Waals surface area contributed by atoms with Crippen LogP contribution in [0.15, 0.2) is 18.2 Å². The van der Waals surface area contributed by atoms with Crippen molar-refractivity contribution in [2.45, 2.75) is 46.0 Å². The van der Waals surface area contributed by atoms with Crippen LogP contribution in [0.3, 0.4) is 0 Å². The smallest absolute Gasteiger partial charge is 0.166 e. The van der Waals surface area contributed by atoms with Crippen LogP contribution < -0.4 is 0 Å². The summed E-state index contributed by atoms with van der Waals surface area (Å²) in [6.07, 6.45) is -9.58. The number of hydrogen-bond acceptors (Lipinski definition) is 0. The van der Waals surface area contributed by atoms with Gasteiger partial charge in [0.15, 0.2) is 0 Å². The zero-order chi connectivity index (χ0) is 15.8. The third-order valence-corrected chi connectivity index (χ3v) is 2.91. The van der Waals surface area contributed by atoms with Crippen molar-refractivity contribution in [1.82, 2.24) is 0 Å². The van der Waals surface area contributed by atoms with E-state index in [1.165, 1.54) is 0 Å². The highest BCUT2D eigenvalue weighted by molar-refractivity contribution is 5.39. The molecule has 0 aromatic heterocycles. The third kappa shape index (κ3) is 4.42. The fourth-order valence-electron chi connectivity index (χ4n) is 1.89. The number of alkyl halides is 6. The molecule has 114 valence electrons. The first-order valence-electron chi connectivity index (χ1n) is 6.09. The van der Waals surface area contributed by atoms with E-state index in [0.29, 0.717) is 12.1 Å². The second kappa shape index (κ2) is 5.30. The van der Waals surface area contributed by atoms with Crippen molar-refractivity contribution in [2.75, 3.05) is 0 Å². The number of benzene rings is 1. The molecule has 0 unspecified atom stereocenters. The minimum atomic E-state index is -4.78. The molecule has 0 aliphatic rings. The average molecular weight is 298 g/mol. The molecule has 6 heteroatoms. The molecule has 0 saturated carbocycles. The molecule has 1 aromatic rings. The summed E-state index contributed by atoms with van der Waals surface area (Å²) in [6.45, 7) is 5.32. The van der Waals surface area contributed by atoms with E-state index in [0.717, 1.165) is 6.07 Å². The van der Waals surface area contributed by atoms with Crippen LogP contribution in [0.1, 0.15) is 43.9 Å². The molecule has 0 radical (unpaired) electrons. The Balaban J connectivity index is 3.34. The first kappa shape index (κ1) is 16.9. The van der Waals surface area contributed by atoms with Crippen LogP contribution in [-0.2, 0) is 18.8 Å². The Morgan fingerprint density at radius 1 is 0.800 bits per heavy atom. The second-order valence-electron chi connectivity index (χ2n) is 5.89. The topological polar surface area (TPSA) is 0 Å². The number of halogens is 6. The first-order chi connectivity index (χ1) is 8.82. The van der Waals surface area contributed by atoms with Gasteiger partial charge in [0, 0.05) is 0 Å². The minimum Gasteiger partial charge on any atom is -0.166 e. The van der Waals surface area contributed by atoms with Gasteiger partial charge in [-0.3, -0.25) is 0 Å². The molecule has 1 rings (SSSR count). The predicted octanol–water partition coefficient (Wildman–Crippen LogP) is 5.70. The van der Waals surface area contributed by atoms with Crippen molar-refractivity contribution >= 4 is 0 Å². The summed E-state index contributed by atoms with van der Waals surface area (Å²) in [5.41, 5.74) is -3.41. The lowest BCUT2D eigenvalue weighted by Crippen LogP contribution is -2.18. The average Bonchev–Trinajstić information content (AvgIpc) is 2.22. The van der Waals surface area contributed by atoms with E-state index in [1.807, 2.05) is 0 Å². The molecule has 1 aromatic carbocycles. The zero-order valence-electron chi connectivity index (χ0n) is 11.4. The molecule has 0 saturated heterocycles. The fourth-order valence-corrected chi connectivity index (χ4v) is 1.89. The van der Waals surface area contributed by atoms with Gasteiger partial charge < -0.3 is 0 Å². The molecule has 0 amide bonds. The van der Waals surface area contributed by atoms with Crippen LogP contribution in [0.5, 0.6) is 0 Å². The van der Waals surface area contributed by atoms with Crippen LogP contribution >= 0.6 is 0 Å². The van der Waals surface area contributed by atoms with E-state index in [9.17, 15) is 26.3 Å². The van der Waals surface area contributed by atoms with Crippen molar-refractivity contribution in [3.05, 3.63) is 34.9 Å². The van der Waals surface area contributed by atoms with Crippen LogP contribution in [0.25, 0.3) is 0 Å². The quantitative estimate of drug-likeness (QED) is 0.614. The second-order valence-corrected chi connectivity index (χ2v) is 5.89. The maximum Gasteiger partial charge on any atom is 0.416 e. The molecular weight excluding hydrogens is 282 g/mol. The monoisotopic (exact) mass is 298 g/mol. The van der Waals surface area contributed by atoms with E-state index < -0.39 is 29.0 Å². The minimum absolute atomic E-state index is 0.239. The molecule has 0 bridgehead atoms. The van der Waals surface area contributed by atoms with Gasteiger partial charge in [0.05, 0.1) is 11.1 Å². The van der Waals surface area contributed by atoms with E-state index in [4.69, 9.17) is 0 Å². The maximum absolute atomic E-state index is 12.9. The molecule has 0 heterocycles. The predicted molar refractivity (Wildman–Crippen MR) is 64.2 cm³/mol. The van der Waals surface area contributed by atoms with Crippen LogP contribution in [-0.4, -0.2) is 0 Å². The van der Waals surface area contributed by atoms with E-state index in [2.05, 4.69) is 0 Å². The molecule has 0 aliphatic heterocycles. The molecule has 20 heavy (non-hydrogen) atoms. The van der Waals surface area contributed by atoms with Gasteiger partial charge in [-0.2, -0.15) is 26.3 Å². The van der Waals surface area contributed by atoms with Gasteiger partial charge in [-0.25, -0.2) is 0 Å². The molecule has 0 aliphatic carbocycles. The molecule has 0 spiro atoms. The fraction of sp³-hybridized carbons (Fsp3) is 0.571. The lowest BCUT2D eigenvalue weighted by Gasteiger charge is -2.22. The molecule has 0 N–H and O–H groups in total. The number of hydrogen-bond donors (Lipinski definition) is 0. The van der Waals surface area contributed by atoms with E-state index in [1.54, 1.807) is 20.8 Å². The molecule has 0 fully saturated rings. The van der Waals surface area contributed by atoms with Gasteiger partial charge in [0.1, 0.15) is 0 Å². The van der Waals surface area contributed by atoms with E-state index in [-0.39, 0.29) is 18.3 Å². The van der Waals surface area contributed by atoms with Crippen molar-refractivity contribution < 1.29 is 26.3 Å². The normalized spacial score (nSPS) is 13.7. The summed E-state index contributed by atoms with van der Waals surface area (Å²) in [5, 5.41) is 0. The van der Waals surface area contributed by atoms with Crippen LogP contribution in [0, 0.1) is 5.41 Å². The zero-order valence-corrected chi connectivity index (χ0v) is 11.4. The van der Waals surface area contributed by atoms with Gasteiger partial charge in [-0.15, -0.1) is 0 Å². The summed E-state index contributed by atoms with van der Waals surface area (Å²) < 4.78 is 77.2. The Labute approximate surface area is 113 Å². The molecular formula is C14H16F6. The van der Waals surface area contributed by atoms with Gasteiger partial charge in [-0.05, 0) is 36.0 Å². The maximum atomic E-state index is 12.9. The summed E-state index contributed by atoms with van der Waals surface area (Å²) in [7, 11) is 0. The lowest BCUT2D eigenvalue weighted by molar-refractivity contribution is -0.144. The van der Waals surface area contributed by atoms with Gasteiger partial charge in [0.25, 0.3) is 0 Å². The Bertz CT molecular complexity index is 430. The first-order valence-corrected chi connectivity index (χ1v) is 6.09. The summed E-state index contributed by atoms with van der Waals surface area (Å²) in [4.78, 5) is 0. The van der Waals surface area contributed by atoms with Crippen molar-refractivity contribution in [2.24, 2.45) is 5.41 Å². The Hall–Kier alpha value is -1.20.